The zero-order valence-corrected chi connectivity index (χ0v) is 19.3. The number of amides is 2. The first-order valence-electron chi connectivity index (χ1n) is 9.45. The molecule has 1 aliphatic carbocycles. The van der Waals surface area contributed by atoms with E-state index in [0.29, 0.717) is 22.7 Å². The molecule has 0 radical (unpaired) electrons. The lowest BCUT2D eigenvalue weighted by Crippen LogP contribution is -2.37. The number of alkyl halides is 1. The van der Waals surface area contributed by atoms with Crippen LogP contribution in [0.15, 0.2) is 24.3 Å². The number of anilines is 1. The van der Waals surface area contributed by atoms with E-state index in [1.165, 1.54) is 4.90 Å². The summed E-state index contributed by atoms with van der Waals surface area (Å²) in [4.78, 5) is 41.9. The molecule has 0 unspecified atom stereocenters. The van der Waals surface area contributed by atoms with E-state index in [-0.39, 0.29) is 27.3 Å². The quantitative estimate of drug-likeness (QED) is 0.345. The molecule has 160 valence electrons. The molecule has 2 fully saturated rings. The monoisotopic (exact) mass is 553 g/mol. The predicted octanol–water partition coefficient (Wildman–Crippen LogP) is 2.63. The standard InChI is InChI=1S/C21H17FIN3O4S/c1-26-8-7-21(30,20(26)29)6-5-11-3-2-4-12(9-11)18-24-15(16(23)27)19(31-18)25-17(28)13-10-14(13)22/h2-4,9,13-14,30H,7-8,10H2,1H3,(H,25,28)/t13-,14-,21-/m0/s1. The lowest BCUT2D eigenvalue weighted by atomic mass is 10.0. The molecule has 2 aromatic rings. The van der Waals surface area contributed by atoms with Gasteiger partial charge in [0, 0.05) is 53.7 Å². The fourth-order valence-corrected chi connectivity index (χ4v) is 4.71. The number of halogens is 2. The van der Waals surface area contributed by atoms with Crippen molar-refractivity contribution in [3.8, 4) is 22.4 Å². The summed E-state index contributed by atoms with van der Waals surface area (Å²) in [6.07, 6.45) is -0.703. The zero-order chi connectivity index (χ0) is 22.3. The summed E-state index contributed by atoms with van der Waals surface area (Å²) in [5, 5.41) is 13.8. The summed E-state index contributed by atoms with van der Waals surface area (Å²) in [5.41, 5.74) is -0.362. The summed E-state index contributed by atoms with van der Waals surface area (Å²) in [5.74, 6) is 3.95. The lowest BCUT2D eigenvalue weighted by molar-refractivity contribution is -0.137. The number of nitrogens with zero attached hydrogens (tertiary/aromatic N) is 2. The number of thiazole rings is 1. The van der Waals surface area contributed by atoms with Crippen LogP contribution in [0.3, 0.4) is 0 Å². The largest absolute Gasteiger partial charge is 0.369 e. The maximum absolute atomic E-state index is 13.2. The molecule has 2 N–H and O–H groups in total. The number of hydrogen-bond acceptors (Lipinski definition) is 6. The van der Waals surface area contributed by atoms with Crippen molar-refractivity contribution in [1.82, 2.24) is 9.88 Å². The molecule has 1 saturated carbocycles. The first-order chi connectivity index (χ1) is 14.7. The molecule has 1 aliphatic heterocycles. The Morgan fingerprint density at radius 3 is 2.81 bits per heavy atom. The third kappa shape index (κ3) is 4.49. The third-order valence-corrected chi connectivity index (χ3v) is 6.66. The number of nitrogens with one attached hydrogen (secondary N) is 1. The molecule has 4 rings (SSSR count). The van der Waals surface area contributed by atoms with Crippen LogP contribution in [0.5, 0.6) is 0 Å². The molecule has 0 spiro atoms. The Labute approximate surface area is 195 Å². The Morgan fingerprint density at radius 2 is 2.19 bits per heavy atom. The van der Waals surface area contributed by atoms with Gasteiger partial charge in [-0.3, -0.25) is 14.4 Å². The van der Waals surface area contributed by atoms with Gasteiger partial charge in [0.15, 0.2) is 5.69 Å². The number of benzene rings is 1. The smallest absolute Gasteiger partial charge is 0.267 e. The van der Waals surface area contributed by atoms with Gasteiger partial charge in [0.1, 0.15) is 16.2 Å². The van der Waals surface area contributed by atoms with E-state index >= 15 is 0 Å². The SMILES string of the molecule is CN1CC[C@@](O)(C#Cc2cccc(-c3nc(C(=O)I)c(NC(=O)[C@H]4C[C@@H]4F)s3)c2)C1=O. The summed E-state index contributed by atoms with van der Waals surface area (Å²) < 4.78 is 12.8. The van der Waals surface area contributed by atoms with Crippen LogP contribution in [0.1, 0.15) is 28.9 Å². The van der Waals surface area contributed by atoms with Crippen LogP contribution in [-0.2, 0) is 9.59 Å². The molecule has 1 aromatic heterocycles. The summed E-state index contributed by atoms with van der Waals surface area (Å²) in [6.45, 7) is 0.439. The Hall–Kier alpha value is -2.36. The van der Waals surface area contributed by atoms with E-state index in [2.05, 4.69) is 22.1 Å². The van der Waals surface area contributed by atoms with E-state index in [4.69, 9.17) is 0 Å². The van der Waals surface area contributed by atoms with Crippen molar-refractivity contribution < 1.29 is 23.9 Å². The maximum Gasteiger partial charge on any atom is 0.267 e. The molecule has 2 aliphatic rings. The van der Waals surface area contributed by atoms with Gasteiger partial charge in [0.2, 0.25) is 15.3 Å². The van der Waals surface area contributed by atoms with Gasteiger partial charge in [-0.05, 0) is 18.6 Å². The molecule has 0 bridgehead atoms. The molecule has 10 heteroatoms. The lowest BCUT2D eigenvalue weighted by Gasteiger charge is -2.13. The van der Waals surface area contributed by atoms with E-state index < -0.39 is 29.5 Å². The van der Waals surface area contributed by atoms with Crippen molar-refractivity contribution in [3.63, 3.8) is 0 Å². The summed E-state index contributed by atoms with van der Waals surface area (Å²) in [7, 11) is 1.62. The molecule has 31 heavy (non-hydrogen) atoms. The van der Waals surface area contributed by atoms with Crippen LogP contribution < -0.4 is 5.32 Å². The van der Waals surface area contributed by atoms with E-state index in [9.17, 15) is 23.9 Å². The normalized spacial score (nSPS) is 24.5. The van der Waals surface area contributed by atoms with Crippen LogP contribution in [-0.4, -0.2) is 56.0 Å². The van der Waals surface area contributed by atoms with Gasteiger partial charge in [-0.1, -0.05) is 35.3 Å². The number of rotatable bonds is 4. The minimum Gasteiger partial charge on any atom is -0.369 e. The Bertz CT molecular complexity index is 1160. The Balaban J connectivity index is 1.60. The number of aromatic nitrogens is 1. The number of hydrogen-bond donors (Lipinski definition) is 2. The van der Waals surface area contributed by atoms with Crippen LogP contribution in [0.4, 0.5) is 9.39 Å². The van der Waals surface area contributed by atoms with Crippen molar-refractivity contribution in [3.05, 3.63) is 35.5 Å². The minimum absolute atomic E-state index is 0.107. The predicted molar refractivity (Wildman–Crippen MR) is 122 cm³/mol. The van der Waals surface area contributed by atoms with Crippen molar-refractivity contribution in [2.45, 2.75) is 24.6 Å². The van der Waals surface area contributed by atoms with E-state index in [1.807, 2.05) is 0 Å². The fourth-order valence-electron chi connectivity index (χ4n) is 3.18. The van der Waals surface area contributed by atoms with E-state index in [1.54, 1.807) is 53.9 Å². The van der Waals surface area contributed by atoms with Crippen molar-refractivity contribution in [1.29, 1.82) is 0 Å². The van der Waals surface area contributed by atoms with Crippen molar-refractivity contribution >= 4 is 54.5 Å². The zero-order valence-electron chi connectivity index (χ0n) is 16.3. The molecule has 2 heterocycles. The Kier molecular flexibility index (Phi) is 5.85. The molecule has 1 aromatic carbocycles. The highest BCUT2D eigenvalue weighted by Gasteiger charge is 2.44. The number of carbonyl (C=O) groups is 3. The van der Waals surface area contributed by atoms with Crippen molar-refractivity contribution in [2.24, 2.45) is 5.92 Å². The fraction of sp³-hybridized carbons (Fsp3) is 0.333. The third-order valence-electron chi connectivity index (χ3n) is 5.13. The number of likely N-dealkylation sites (tertiary alicyclic amines) is 1. The second kappa shape index (κ2) is 8.29. The van der Waals surface area contributed by atoms with Crippen LogP contribution in [0, 0.1) is 17.8 Å². The number of aliphatic hydroxyl groups is 1. The highest BCUT2D eigenvalue weighted by atomic mass is 127. The second-order valence-electron chi connectivity index (χ2n) is 7.49. The highest BCUT2D eigenvalue weighted by molar-refractivity contribution is 14.1. The molecule has 1 saturated heterocycles. The average molecular weight is 553 g/mol. The first-order valence-corrected chi connectivity index (χ1v) is 11.3. The van der Waals surface area contributed by atoms with Gasteiger partial charge < -0.3 is 15.3 Å². The highest BCUT2D eigenvalue weighted by Crippen LogP contribution is 2.38. The van der Waals surface area contributed by atoms with Gasteiger partial charge in [0.05, 0.1) is 5.92 Å². The molecular weight excluding hydrogens is 536 g/mol. The van der Waals surface area contributed by atoms with Gasteiger partial charge in [-0.25, -0.2) is 9.37 Å². The summed E-state index contributed by atoms with van der Waals surface area (Å²) in [6, 6.07) is 6.98. The Morgan fingerprint density at radius 1 is 1.45 bits per heavy atom. The minimum atomic E-state index is -1.69. The average Bonchev–Trinajstić information content (AvgIpc) is 3.23. The summed E-state index contributed by atoms with van der Waals surface area (Å²) >= 11 is 2.71. The van der Waals surface area contributed by atoms with Gasteiger partial charge >= 0.3 is 0 Å². The van der Waals surface area contributed by atoms with Crippen LogP contribution >= 0.6 is 33.9 Å². The molecule has 3 atom stereocenters. The number of likely N-dealkylation sites (N-methyl/N-ethyl adjacent to an activating group) is 1. The van der Waals surface area contributed by atoms with Crippen LogP contribution in [0.25, 0.3) is 10.6 Å². The van der Waals surface area contributed by atoms with Gasteiger partial charge in [-0.15, -0.1) is 0 Å². The molecule has 7 nitrogen and oxygen atoms in total. The van der Waals surface area contributed by atoms with Crippen LogP contribution in [0.2, 0.25) is 0 Å². The molecule has 2 amide bonds. The maximum atomic E-state index is 13.2. The molecular formula is C21H17FIN3O4S. The van der Waals surface area contributed by atoms with E-state index in [0.717, 1.165) is 11.3 Å². The second-order valence-corrected chi connectivity index (χ2v) is 9.46. The first kappa shape index (κ1) is 21.9. The van der Waals surface area contributed by atoms with Gasteiger partial charge in [0.25, 0.3) is 5.91 Å². The van der Waals surface area contributed by atoms with Gasteiger partial charge in [-0.2, -0.15) is 0 Å². The van der Waals surface area contributed by atoms with Crippen molar-refractivity contribution in [2.75, 3.05) is 18.9 Å². The number of carbonyl (C=O) groups excluding carboxylic acids is 3. The topological polar surface area (TPSA) is 99.6 Å².